The summed E-state index contributed by atoms with van der Waals surface area (Å²) in [4.78, 5) is 2.45. The Morgan fingerprint density at radius 1 is 1.09 bits per heavy atom. The Morgan fingerprint density at radius 2 is 1.82 bits per heavy atom. The Kier molecular flexibility index (Phi) is 4.78. The Hall–Kier alpha value is -1.81. The molecule has 2 aromatic rings. The van der Waals surface area contributed by atoms with E-state index in [0.717, 1.165) is 15.7 Å². The molecule has 0 unspecified atom stereocenters. The summed E-state index contributed by atoms with van der Waals surface area (Å²) in [6, 6.07) is 14.6. The molecule has 0 spiro atoms. The van der Waals surface area contributed by atoms with E-state index in [-0.39, 0.29) is 0 Å². The Bertz CT molecular complexity index is 659. The zero-order chi connectivity index (χ0) is 15.4. The van der Waals surface area contributed by atoms with Gasteiger partial charge in [-0.25, -0.2) is 0 Å². The van der Waals surface area contributed by atoms with Gasteiger partial charge >= 0.3 is 0 Å². The summed E-state index contributed by atoms with van der Waals surface area (Å²) in [5.74, 6) is 0. The van der Waals surface area contributed by atoms with E-state index in [9.17, 15) is 0 Å². The molecular weight excluding hydrogens is 338 g/mol. The lowest BCUT2D eigenvalue weighted by Gasteiger charge is -2.18. The fraction of sp³-hybridized carbons (Fsp3) is 0.278. The summed E-state index contributed by atoms with van der Waals surface area (Å²) in [5, 5.41) is 4.33. The number of hydrogen-bond acceptors (Lipinski definition) is 3. The summed E-state index contributed by atoms with van der Waals surface area (Å²) >= 11 is 3.42. The standard InChI is InChI=1S/C18H20BrN3/c1-14-12-18(22-10-2-3-11-22)9-4-15(14)13-20-21-17-7-5-16(19)6-8-17/h4-9,12-13,21H,2-3,10-11H2,1H3. The average molecular weight is 358 g/mol. The maximum Gasteiger partial charge on any atom is 0.0562 e. The minimum absolute atomic E-state index is 0.978. The van der Waals surface area contributed by atoms with Crippen molar-refractivity contribution in [3.63, 3.8) is 0 Å². The van der Waals surface area contributed by atoms with Crippen LogP contribution in [-0.2, 0) is 0 Å². The maximum atomic E-state index is 4.33. The second-order valence-corrected chi connectivity index (χ2v) is 6.53. The first-order valence-corrected chi connectivity index (χ1v) is 8.42. The van der Waals surface area contributed by atoms with Crippen LogP contribution in [0.15, 0.2) is 52.0 Å². The smallest absolute Gasteiger partial charge is 0.0562 e. The molecule has 1 heterocycles. The summed E-state index contributed by atoms with van der Waals surface area (Å²) in [7, 11) is 0. The number of benzene rings is 2. The van der Waals surface area contributed by atoms with Gasteiger partial charge in [-0.1, -0.05) is 22.0 Å². The van der Waals surface area contributed by atoms with E-state index in [4.69, 9.17) is 0 Å². The van der Waals surface area contributed by atoms with Crippen LogP contribution in [-0.4, -0.2) is 19.3 Å². The third kappa shape index (κ3) is 3.69. The van der Waals surface area contributed by atoms with Crippen LogP contribution in [0.4, 0.5) is 11.4 Å². The molecule has 0 aliphatic carbocycles. The van der Waals surface area contributed by atoms with Crippen LogP contribution in [0.5, 0.6) is 0 Å². The molecule has 3 nitrogen and oxygen atoms in total. The lowest BCUT2D eigenvalue weighted by atomic mass is 10.1. The first kappa shape index (κ1) is 15.1. The second kappa shape index (κ2) is 6.97. The molecule has 0 amide bonds. The quantitative estimate of drug-likeness (QED) is 0.628. The van der Waals surface area contributed by atoms with Crippen LogP contribution in [0.2, 0.25) is 0 Å². The monoisotopic (exact) mass is 357 g/mol. The van der Waals surface area contributed by atoms with Crippen molar-refractivity contribution in [1.29, 1.82) is 0 Å². The SMILES string of the molecule is Cc1cc(N2CCCC2)ccc1C=NNc1ccc(Br)cc1. The molecule has 114 valence electrons. The van der Waals surface area contributed by atoms with E-state index >= 15 is 0 Å². The number of aryl methyl sites for hydroxylation is 1. The van der Waals surface area contributed by atoms with Crippen molar-refractivity contribution in [2.24, 2.45) is 5.10 Å². The second-order valence-electron chi connectivity index (χ2n) is 5.61. The third-order valence-electron chi connectivity index (χ3n) is 3.97. The summed E-state index contributed by atoms with van der Waals surface area (Å²) in [5.41, 5.74) is 7.76. The molecule has 0 saturated carbocycles. The molecule has 1 saturated heterocycles. The zero-order valence-electron chi connectivity index (χ0n) is 12.7. The molecule has 1 N–H and O–H groups in total. The van der Waals surface area contributed by atoms with Crippen molar-refractivity contribution in [2.45, 2.75) is 19.8 Å². The molecule has 2 aromatic carbocycles. The van der Waals surface area contributed by atoms with Crippen LogP contribution in [0.1, 0.15) is 24.0 Å². The van der Waals surface area contributed by atoms with Gasteiger partial charge in [-0.05, 0) is 67.3 Å². The zero-order valence-corrected chi connectivity index (χ0v) is 14.3. The summed E-state index contributed by atoms with van der Waals surface area (Å²) < 4.78 is 1.07. The predicted molar refractivity (Wildman–Crippen MR) is 98.0 cm³/mol. The largest absolute Gasteiger partial charge is 0.372 e. The first-order chi connectivity index (χ1) is 10.7. The minimum atomic E-state index is 0.978. The molecule has 0 radical (unpaired) electrons. The topological polar surface area (TPSA) is 27.6 Å². The molecular formula is C18H20BrN3. The molecule has 1 aliphatic rings. The van der Waals surface area contributed by atoms with Gasteiger partial charge in [0.15, 0.2) is 0 Å². The number of nitrogens with one attached hydrogen (secondary N) is 1. The van der Waals surface area contributed by atoms with Gasteiger partial charge in [-0.2, -0.15) is 5.10 Å². The molecule has 0 aromatic heterocycles. The number of nitrogens with zero attached hydrogens (tertiary/aromatic N) is 2. The van der Waals surface area contributed by atoms with E-state index < -0.39 is 0 Å². The highest BCUT2D eigenvalue weighted by Gasteiger charge is 2.12. The fourth-order valence-electron chi connectivity index (χ4n) is 2.68. The van der Waals surface area contributed by atoms with Crippen LogP contribution in [0, 0.1) is 6.92 Å². The van der Waals surface area contributed by atoms with Gasteiger partial charge in [0.05, 0.1) is 11.9 Å². The lowest BCUT2D eigenvalue weighted by Crippen LogP contribution is -2.17. The Balaban J connectivity index is 1.66. The van der Waals surface area contributed by atoms with E-state index in [0.29, 0.717) is 0 Å². The Labute approximate surface area is 140 Å². The van der Waals surface area contributed by atoms with E-state index in [1.165, 1.54) is 37.2 Å². The van der Waals surface area contributed by atoms with Gasteiger partial charge in [0.2, 0.25) is 0 Å². The highest BCUT2D eigenvalue weighted by molar-refractivity contribution is 9.10. The molecule has 3 rings (SSSR count). The molecule has 1 fully saturated rings. The fourth-order valence-corrected chi connectivity index (χ4v) is 2.94. The van der Waals surface area contributed by atoms with Crippen molar-refractivity contribution in [2.75, 3.05) is 23.4 Å². The van der Waals surface area contributed by atoms with Gasteiger partial charge in [-0.3, -0.25) is 5.43 Å². The maximum absolute atomic E-state index is 4.33. The number of anilines is 2. The number of hydrazone groups is 1. The lowest BCUT2D eigenvalue weighted by molar-refractivity contribution is 0.949. The van der Waals surface area contributed by atoms with Crippen molar-refractivity contribution >= 4 is 33.5 Å². The highest BCUT2D eigenvalue weighted by Crippen LogP contribution is 2.22. The molecule has 4 heteroatoms. The van der Waals surface area contributed by atoms with Crippen LogP contribution in [0.3, 0.4) is 0 Å². The first-order valence-electron chi connectivity index (χ1n) is 7.62. The third-order valence-corrected chi connectivity index (χ3v) is 4.49. The van der Waals surface area contributed by atoms with Gasteiger partial charge in [0, 0.05) is 23.2 Å². The summed E-state index contributed by atoms with van der Waals surface area (Å²) in [6.07, 6.45) is 4.49. The van der Waals surface area contributed by atoms with Gasteiger partial charge in [0.1, 0.15) is 0 Å². The highest BCUT2D eigenvalue weighted by atomic mass is 79.9. The van der Waals surface area contributed by atoms with Crippen molar-refractivity contribution in [3.8, 4) is 0 Å². The van der Waals surface area contributed by atoms with Crippen molar-refractivity contribution < 1.29 is 0 Å². The molecule has 22 heavy (non-hydrogen) atoms. The van der Waals surface area contributed by atoms with Crippen LogP contribution in [0.25, 0.3) is 0 Å². The number of hydrogen-bond donors (Lipinski definition) is 1. The van der Waals surface area contributed by atoms with E-state index in [1.807, 2.05) is 30.5 Å². The molecule has 1 aliphatic heterocycles. The van der Waals surface area contributed by atoms with Crippen LogP contribution >= 0.6 is 15.9 Å². The van der Waals surface area contributed by atoms with Gasteiger partial charge < -0.3 is 4.90 Å². The Morgan fingerprint density at radius 3 is 2.50 bits per heavy atom. The van der Waals surface area contributed by atoms with Crippen molar-refractivity contribution in [3.05, 3.63) is 58.1 Å². The number of rotatable bonds is 4. The predicted octanol–water partition coefficient (Wildman–Crippen LogP) is 4.80. The average Bonchev–Trinajstić information content (AvgIpc) is 3.05. The van der Waals surface area contributed by atoms with Gasteiger partial charge in [-0.15, -0.1) is 0 Å². The summed E-state index contributed by atoms with van der Waals surface area (Å²) in [6.45, 7) is 4.50. The van der Waals surface area contributed by atoms with E-state index in [1.54, 1.807) is 0 Å². The number of halogens is 1. The van der Waals surface area contributed by atoms with Gasteiger partial charge in [0.25, 0.3) is 0 Å². The van der Waals surface area contributed by atoms with Crippen molar-refractivity contribution in [1.82, 2.24) is 0 Å². The minimum Gasteiger partial charge on any atom is -0.372 e. The van der Waals surface area contributed by atoms with Crippen LogP contribution < -0.4 is 10.3 Å². The van der Waals surface area contributed by atoms with E-state index in [2.05, 4.69) is 56.5 Å². The molecule has 0 bridgehead atoms. The normalized spacial score (nSPS) is 14.7. The molecule has 0 atom stereocenters.